The predicted octanol–water partition coefficient (Wildman–Crippen LogP) is 8.98. The second-order valence-electron chi connectivity index (χ2n) is 13.1. The van der Waals surface area contributed by atoms with Gasteiger partial charge in [-0.05, 0) is 102 Å². The van der Waals surface area contributed by atoms with Crippen LogP contribution in [0.5, 0.6) is 5.75 Å². The molecular weight excluding hydrogens is 879 g/mol. The van der Waals surface area contributed by atoms with Crippen LogP contribution in [0.25, 0.3) is 32.3 Å². The van der Waals surface area contributed by atoms with Crippen LogP contribution in [0.1, 0.15) is 5.56 Å². The number of anilines is 1. The van der Waals surface area contributed by atoms with E-state index < -0.39 is 72.3 Å². The summed E-state index contributed by atoms with van der Waals surface area (Å²) in [5.41, 5.74) is 6.32. The van der Waals surface area contributed by atoms with Gasteiger partial charge in [-0.1, -0.05) is 24.3 Å². The number of aryl methyl sites for hydroxylation is 1. The van der Waals surface area contributed by atoms with Crippen LogP contribution >= 0.6 is 0 Å². The molecular formula is C37H27N7O13S4. The lowest BCUT2D eigenvalue weighted by atomic mass is 10.1. The Balaban J connectivity index is 1.23. The van der Waals surface area contributed by atoms with E-state index in [1.54, 1.807) is 43.3 Å². The molecule has 0 radical (unpaired) electrons. The summed E-state index contributed by atoms with van der Waals surface area (Å²) in [6, 6.07) is 22.5. The van der Waals surface area contributed by atoms with Gasteiger partial charge < -0.3 is 10.8 Å². The lowest BCUT2D eigenvalue weighted by Crippen LogP contribution is -2.04. The largest absolute Gasteiger partial charge is 0.505 e. The maximum atomic E-state index is 12.4. The number of phenols is 1. The number of aromatic hydroxyl groups is 1. The van der Waals surface area contributed by atoms with Crippen molar-refractivity contribution in [3.05, 3.63) is 109 Å². The first kappa shape index (κ1) is 42.5. The molecule has 0 aliphatic rings. The standard InChI is InChI=1S/C37H27N7O13S4/c1-19-13-22(6-10-30(19)41-40-23-5-8-25-20(14-23)3-2-4-33(25)59(49,50)51)39-42-31-11-12-32(28-17-24(58(46,47)48)7-9-26(28)31)43-44-36-35(61(55,56)57)16-21-15-34(60(52,53)54)29(38)18-27(21)37(36)45/h2-18,45H,38H2,1H3,(H,46,47,48)(H,49,50,51)(H,52,53,54)(H,55,56,57). The minimum absolute atomic E-state index is 0.000822. The molecule has 0 saturated heterocycles. The number of azo groups is 3. The first-order valence-corrected chi connectivity index (χ1v) is 22.7. The Hall–Kier alpha value is -6.64. The van der Waals surface area contributed by atoms with Crippen molar-refractivity contribution in [2.75, 3.05) is 5.73 Å². The first-order valence-electron chi connectivity index (χ1n) is 16.9. The van der Waals surface area contributed by atoms with Gasteiger partial charge in [-0.15, -0.1) is 15.3 Å². The molecule has 0 aromatic heterocycles. The van der Waals surface area contributed by atoms with E-state index in [2.05, 4.69) is 30.7 Å². The van der Waals surface area contributed by atoms with Crippen molar-refractivity contribution in [2.24, 2.45) is 30.7 Å². The second kappa shape index (κ2) is 15.4. The van der Waals surface area contributed by atoms with Crippen LogP contribution in [0.15, 0.2) is 153 Å². The van der Waals surface area contributed by atoms with E-state index >= 15 is 0 Å². The smallest absolute Gasteiger partial charge is 0.296 e. The molecule has 0 bridgehead atoms. The van der Waals surface area contributed by atoms with Gasteiger partial charge >= 0.3 is 0 Å². The topological polar surface area (TPSA) is 338 Å². The molecule has 0 amide bonds. The van der Waals surface area contributed by atoms with Gasteiger partial charge in [0.1, 0.15) is 20.4 Å². The summed E-state index contributed by atoms with van der Waals surface area (Å²) in [4.78, 5) is -2.62. The van der Waals surface area contributed by atoms with Crippen molar-refractivity contribution < 1.29 is 57.0 Å². The highest BCUT2D eigenvalue weighted by atomic mass is 32.2. The summed E-state index contributed by atoms with van der Waals surface area (Å²) in [6.07, 6.45) is 0. The van der Waals surface area contributed by atoms with Crippen molar-refractivity contribution in [3.8, 4) is 5.75 Å². The van der Waals surface area contributed by atoms with Crippen LogP contribution in [-0.2, 0) is 40.5 Å². The Labute approximate surface area is 345 Å². The minimum Gasteiger partial charge on any atom is -0.505 e. The number of fused-ring (bicyclic) bond motifs is 3. The van der Waals surface area contributed by atoms with Gasteiger partial charge in [-0.25, -0.2) is 0 Å². The van der Waals surface area contributed by atoms with E-state index in [4.69, 9.17) is 5.73 Å². The fraction of sp³-hybridized carbons (Fsp3) is 0.0270. The van der Waals surface area contributed by atoms with E-state index in [1.165, 1.54) is 36.4 Å². The number of nitrogens with two attached hydrogens (primary N) is 1. The number of nitrogens with zero attached hydrogens (tertiary/aromatic N) is 6. The second-order valence-corrected chi connectivity index (χ2v) is 18.7. The van der Waals surface area contributed by atoms with E-state index in [1.807, 2.05) is 0 Å². The van der Waals surface area contributed by atoms with Gasteiger partial charge in [0.2, 0.25) is 0 Å². The predicted molar refractivity (Wildman–Crippen MR) is 221 cm³/mol. The quantitative estimate of drug-likeness (QED) is 0.0424. The van der Waals surface area contributed by atoms with Gasteiger partial charge in [0.05, 0.1) is 39.0 Å². The molecule has 0 spiro atoms. The molecule has 0 aliphatic heterocycles. The van der Waals surface area contributed by atoms with Crippen LogP contribution < -0.4 is 5.73 Å². The maximum Gasteiger partial charge on any atom is 0.296 e. The molecule has 7 aromatic carbocycles. The molecule has 0 fully saturated rings. The third-order valence-corrected chi connectivity index (χ3v) is 12.6. The number of benzene rings is 7. The fourth-order valence-corrected chi connectivity index (χ4v) is 8.72. The van der Waals surface area contributed by atoms with Gasteiger partial charge in [0.25, 0.3) is 40.5 Å². The van der Waals surface area contributed by atoms with Crippen LogP contribution in [0.2, 0.25) is 0 Å². The lowest BCUT2D eigenvalue weighted by molar-refractivity contribution is 0.472. The molecule has 7 N–H and O–H groups in total. The average molecular weight is 906 g/mol. The summed E-state index contributed by atoms with van der Waals surface area (Å²) in [5, 5.41) is 36.6. The molecule has 24 heteroatoms. The number of hydrogen-bond donors (Lipinski definition) is 6. The summed E-state index contributed by atoms with van der Waals surface area (Å²) >= 11 is 0. The van der Waals surface area contributed by atoms with Crippen molar-refractivity contribution in [2.45, 2.75) is 26.5 Å². The maximum absolute atomic E-state index is 12.4. The van der Waals surface area contributed by atoms with Crippen LogP contribution in [-0.4, -0.2) is 57.0 Å². The lowest BCUT2D eigenvalue weighted by Gasteiger charge is -2.11. The number of phenolic OH excluding ortho intramolecular Hbond substituents is 1. The zero-order chi connectivity index (χ0) is 44.2. The van der Waals surface area contributed by atoms with Crippen LogP contribution in [0, 0.1) is 6.92 Å². The summed E-state index contributed by atoms with van der Waals surface area (Å²) in [5.74, 6) is -0.913. The van der Waals surface area contributed by atoms with Gasteiger partial charge in [-0.3, -0.25) is 18.2 Å². The number of rotatable bonds is 10. The van der Waals surface area contributed by atoms with Gasteiger partial charge in [0, 0.05) is 21.5 Å². The molecule has 0 atom stereocenters. The molecule has 7 rings (SSSR count). The van der Waals surface area contributed by atoms with E-state index in [0.29, 0.717) is 33.4 Å². The summed E-state index contributed by atoms with van der Waals surface area (Å²) < 4.78 is 135. The Kier molecular flexibility index (Phi) is 10.7. The third-order valence-electron chi connectivity index (χ3n) is 9.06. The van der Waals surface area contributed by atoms with Crippen molar-refractivity contribution in [1.29, 1.82) is 0 Å². The zero-order valence-corrected chi connectivity index (χ0v) is 34.0. The molecule has 0 heterocycles. The molecule has 61 heavy (non-hydrogen) atoms. The molecule has 312 valence electrons. The van der Waals surface area contributed by atoms with Crippen molar-refractivity contribution in [1.82, 2.24) is 0 Å². The van der Waals surface area contributed by atoms with Crippen molar-refractivity contribution in [3.63, 3.8) is 0 Å². The highest BCUT2D eigenvalue weighted by molar-refractivity contribution is 7.86. The highest BCUT2D eigenvalue weighted by Gasteiger charge is 2.25. The van der Waals surface area contributed by atoms with Gasteiger partial charge in [0.15, 0.2) is 5.75 Å². The molecule has 0 aliphatic carbocycles. The third kappa shape index (κ3) is 8.82. The minimum atomic E-state index is -5.19. The SMILES string of the molecule is Cc1cc(N=Nc2ccc(N=Nc3c(S(=O)(=O)O)cc4cc(S(=O)(=O)O)c(N)cc4c3O)c3cc(S(=O)(=O)O)ccc23)ccc1N=Nc1ccc2c(S(=O)(=O)O)cccc2c1. The summed E-state index contributed by atoms with van der Waals surface area (Å²) in [6.45, 7) is 1.74. The Morgan fingerprint density at radius 2 is 1.02 bits per heavy atom. The number of nitrogen functional groups attached to an aromatic ring is 1. The fourth-order valence-electron chi connectivity index (χ4n) is 6.21. The van der Waals surface area contributed by atoms with Gasteiger partial charge in [-0.2, -0.15) is 49.0 Å². The molecule has 7 aromatic rings. The average Bonchev–Trinajstić information content (AvgIpc) is 3.17. The van der Waals surface area contributed by atoms with E-state index in [-0.39, 0.29) is 37.8 Å². The zero-order valence-electron chi connectivity index (χ0n) is 30.7. The number of hydrogen-bond acceptors (Lipinski definition) is 16. The molecule has 0 saturated carbocycles. The Bertz CT molecular complexity index is 3580. The monoisotopic (exact) mass is 905 g/mol. The van der Waals surface area contributed by atoms with Crippen molar-refractivity contribution >= 4 is 113 Å². The van der Waals surface area contributed by atoms with Crippen LogP contribution in [0.4, 0.5) is 39.8 Å². The first-order chi connectivity index (χ1) is 28.5. The molecule has 0 unspecified atom stereocenters. The van der Waals surface area contributed by atoms with E-state index in [9.17, 15) is 57.0 Å². The highest BCUT2D eigenvalue weighted by Crippen LogP contribution is 2.44. The van der Waals surface area contributed by atoms with Crippen LogP contribution in [0.3, 0.4) is 0 Å². The Morgan fingerprint density at radius 1 is 0.459 bits per heavy atom. The van der Waals surface area contributed by atoms with E-state index in [0.717, 1.165) is 30.3 Å². The Morgan fingerprint density at radius 3 is 1.66 bits per heavy atom. The molecule has 20 nitrogen and oxygen atoms in total. The summed E-state index contributed by atoms with van der Waals surface area (Å²) in [7, 11) is -19.3. The normalized spacial score (nSPS) is 13.1.